The van der Waals surface area contributed by atoms with E-state index < -0.39 is 0 Å². The second-order valence-corrected chi connectivity index (χ2v) is 6.84. The van der Waals surface area contributed by atoms with Crippen LogP contribution in [-0.4, -0.2) is 18.4 Å². The molecule has 0 unspecified atom stereocenters. The number of rotatable bonds is 3. The highest BCUT2D eigenvalue weighted by molar-refractivity contribution is 6.30. The van der Waals surface area contributed by atoms with Crippen LogP contribution in [0.15, 0.2) is 66.7 Å². The highest BCUT2D eigenvalue weighted by Gasteiger charge is 2.35. The molecule has 26 heavy (non-hydrogen) atoms. The fourth-order valence-corrected chi connectivity index (χ4v) is 3.46. The van der Waals surface area contributed by atoms with Gasteiger partial charge in [0.1, 0.15) is 0 Å². The van der Waals surface area contributed by atoms with Crippen LogP contribution < -0.4 is 10.2 Å². The molecule has 1 heterocycles. The molecule has 1 saturated heterocycles. The molecule has 1 fully saturated rings. The largest absolute Gasteiger partial charge is 0.326 e. The van der Waals surface area contributed by atoms with Crippen LogP contribution in [-0.2, 0) is 9.59 Å². The molecule has 130 valence electrons. The van der Waals surface area contributed by atoms with Crippen molar-refractivity contribution in [1.82, 2.24) is 0 Å². The molecule has 4 rings (SSSR count). The Morgan fingerprint density at radius 1 is 1.00 bits per heavy atom. The number of fused-ring (bicyclic) bond motifs is 1. The van der Waals surface area contributed by atoms with E-state index in [1.54, 1.807) is 29.2 Å². The Morgan fingerprint density at radius 2 is 1.73 bits per heavy atom. The van der Waals surface area contributed by atoms with Crippen molar-refractivity contribution < 1.29 is 9.59 Å². The average Bonchev–Trinajstić information content (AvgIpc) is 3.05. The summed E-state index contributed by atoms with van der Waals surface area (Å²) in [6, 6.07) is 20.8. The minimum atomic E-state index is -0.378. The fourth-order valence-electron chi connectivity index (χ4n) is 3.34. The van der Waals surface area contributed by atoms with Crippen molar-refractivity contribution in [3.8, 4) is 0 Å². The van der Waals surface area contributed by atoms with Gasteiger partial charge in [0.2, 0.25) is 11.8 Å². The van der Waals surface area contributed by atoms with Gasteiger partial charge in [-0.05, 0) is 35.7 Å². The number of amides is 2. The Morgan fingerprint density at radius 3 is 2.54 bits per heavy atom. The van der Waals surface area contributed by atoms with Crippen LogP contribution in [0.2, 0.25) is 5.02 Å². The van der Waals surface area contributed by atoms with E-state index in [-0.39, 0.29) is 24.2 Å². The van der Waals surface area contributed by atoms with Gasteiger partial charge in [0.15, 0.2) is 0 Å². The number of anilines is 2. The van der Waals surface area contributed by atoms with Crippen molar-refractivity contribution in [2.45, 2.75) is 6.42 Å². The molecular formula is C21H17ClN2O2. The van der Waals surface area contributed by atoms with E-state index in [0.717, 1.165) is 16.5 Å². The molecule has 3 aromatic rings. The summed E-state index contributed by atoms with van der Waals surface area (Å²) < 4.78 is 0. The van der Waals surface area contributed by atoms with Gasteiger partial charge in [-0.15, -0.1) is 0 Å². The smallest absolute Gasteiger partial charge is 0.229 e. The zero-order valence-electron chi connectivity index (χ0n) is 14.0. The summed E-state index contributed by atoms with van der Waals surface area (Å²) in [5, 5.41) is 5.57. The number of carbonyl (C=O) groups excluding carboxylic acids is 2. The Hall–Kier alpha value is -2.85. The maximum Gasteiger partial charge on any atom is 0.229 e. The lowest BCUT2D eigenvalue weighted by Crippen LogP contribution is -2.28. The molecule has 5 heteroatoms. The molecule has 1 aliphatic heterocycles. The van der Waals surface area contributed by atoms with Gasteiger partial charge in [-0.25, -0.2) is 0 Å². The van der Waals surface area contributed by atoms with E-state index in [1.165, 1.54) is 0 Å². The number of nitrogens with zero attached hydrogens (tertiary/aromatic N) is 1. The standard InChI is InChI=1S/C21H17ClN2O2/c22-16-8-10-17(11-9-16)23-21(26)15-12-20(25)24(13-15)19-7-3-5-14-4-1-2-6-18(14)19/h1-11,15H,12-13H2,(H,23,26)/t15-/m1/s1. The van der Waals surface area contributed by atoms with E-state index in [4.69, 9.17) is 11.6 Å². The third-order valence-corrected chi connectivity index (χ3v) is 4.92. The molecule has 3 aromatic carbocycles. The van der Waals surface area contributed by atoms with Crippen molar-refractivity contribution in [2.75, 3.05) is 16.8 Å². The van der Waals surface area contributed by atoms with E-state index in [0.29, 0.717) is 17.3 Å². The first kappa shape index (κ1) is 16.6. The van der Waals surface area contributed by atoms with Crippen LogP contribution >= 0.6 is 11.6 Å². The lowest BCUT2D eigenvalue weighted by atomic mass is 10.1. The number of halogens is 1. The fraction of sp³-hybridized carbons (Fsp3) is 0.143. The quantitative estimate of drug-likeness (QED) is 0.744. The monoisotopic (exact) mass is 364 g/mol. The van der Waals surface area contributed by atoms with Crippen molar-refractivity contribution in [3.63, 3.8) is 0 Å². The van der Waals surface area contributed by atoms with Crippen LogP contribution in [0.4, 0.5) is 11.4 Å². The van der Waals surface area contributed by atoms with Gasteiger partial charge in [-0.3, -0.25) is 9.59 Å². The van der Waals surface area contributed by atoms with Crippen molar-refractivity contribution >= 4 is 45.6 Å². The van der Waals surface area contributed by atoms with Crippen LogP contribution in [0.25, 0.3) is 10.8 Å². The van der Waals surface area contributed by atoms with Crippen LogP contribution in [0.1, 0.15) is 6.42 Å². The zero-order chi connectivity index (χ0) is 18.1. The molecule has 0 bridgehead atoms. The van der Waals surface area contributed by atoms with E-state index in [2.05, 4.69) is 5.32 Å². The number of benzene rings is 3. The number of hydrogen-bond donors (Lipinski definition) is 1. The first-order valence-corrected chi connectivity index (χ1v) is 8.84. The first-order valence-electron chi connectivity index (χ1n) is 8.46. The number of carbonyl (C=O) groups is 2. The van der Waals surface area contributed by atoms with Crippen LogP contribution in [0.3, 0.4) is 0 Å². The predicted octanol–water partition coefficient (Wildman–Crippen LogP) is 4.48. The normalized spacial score (nSPS) is 16.9. The molecule has 0 aliphatic carbocycles. The van der Waals surface area contributed by atoms with Crippen molar-refractivity contribution in [2.24, 2.45) is 5.92 Å². The molecule has 1 atom stereocenters. The SMILES string of the molecule is O=C(Nc1ccc(Cl)cc1)[C@@H]1CC(=O)N(c2cccc3ccccc23)C1. The first-order chi connectivity index (χ1) is 12.6. The number of hydrogen-bond acceptors (Lipinski definition) is 2. The second-order valence-electron chi connectivity index (χ2n) is 6.40. The predicted molar refractivity (Wildman–Crippen MR) is 104 cm³/mol. The summed E-state index contributed by atoms with van der Waals surface area (Å²) >= 11 is 5.87. The minimum Gasteiger partial charge on any atom is -0.326 e. The average molecular weight is 365 g/mol. The molecule has 0 radical (unpaired) electrons. The van der Waals surface area contributed by atoms with Gasteiger partial charge in [-0.2, -0.15) is 0 Å². The molecule has 0 spiro atoms. The topological polar surface area (TPSA) is 49.4 Å². The van der Waals surface area contributed by atoms with Gasteiger partial charge in [-0.1, -0.05) is 48.0 Å². The van der Waals surface area contributed by atoms with Crippen molar-refractivity contribution in [3.05, 3.63) is 71.8 Å². The van der Waals surface area contributed by atoms with Gasteiger partial charge >= 0.3 is 0 Å². The Kier molecular flexibility index (Phi) is 4.35. The molecule has 1 aliphatic rings. The van der Waals surface area contributed by atoms with Gasteiger partial charge in [0.05, 0.1) is 11.6 Å². The lowest BCUT2D eigenvalue weighted by molar-refractivity contribution is -0.122. The highest BCUT2D eigenvalue weighted by Crippen LogP contribution is 2.32. The van der Waals surface area contributed by atoms with Crippen molar-refractivity contribution in [1.29, 1.82) is 0 Å². The summed E-state index contributed by atoms with van der Waals surface area (Å²) in [5.41, 5.74) is 1.53. The summed E-state index contributed by atoms with van der Waals surface area (Å²) in [4.78, 5) is 26.8. The van der Waals surface area contributed by atoms with Crippen LogP contribution in [0.5, 0.6) is 0 Å². The molecule has 0 aromatic heterocycles. The summed E-state index contributed by atoms with van der Waals surface area (Å²) in [6.45, 7) is 0.381. The summed E-state index contributed by atoms with van der Waals surface area (Å²) in [6.07, 6.45) is 0.211. The Bertz CT molecular complexity index is 979. The Labute approximate surface area is 156 Å². The molecule has 1 N–H and O–H groups in total. The van der Waals surface area contributed by atoms with Gasteiger partial charge in [0.25, 0.3) is 0 Å². The lowest BCUT2D eigenvalue weighted by Gasteiger charge is -2.19. The second kappa shape index (κ2) is 6.81. The summed E-state index contributed by atoms with van der Waals surface area (Å²) in [5.74, 6) is -0.557. The molecule has 2 amide bonds. The molecule has 0 saturated carbocycles. The van der Waals surface area contributed by atoms with E-state index >= 15 is 0 Å². The molecular weight excluding hydrogens is 348 g/mol. The Balaban J connectivity index is 1.55. The molecule has 4 nitrogen and oxygen atoms in total. The third-order valence-electron chi connectivity index (χ3n) is 4.67. The van der Waals surface area contributed by atoms with Crippen LogP contribution in [0, 0.1) is 5.92 Å². The zero-order valence-corrected chi connectivity index (χ0v) is 14.7. The maximum atomic E-state index is 12.6. The highest BCUT2D eigenvalue weighted by atomic mass is 35.5. The van der Waals surface area contributed by atoms with Gasteiger partial charge < -0.3 is 10.2 Å². The van der Waals surface area contributed by atoms with E-state index in [1.807, 2.05) is 42.5 Å². The van der Waals surface area contributed by atoms with Gasteiger partial charge in [0, 0.05) is 29.1 Å². The minimum absolute atomic E-state index is 0.0300. The summed E-state index contributed by atoms with van der Waals surface area (Å²) in [7, 11) is 0. The third kappa shape index (κ3) is 3.16. The number of nitrogens with one attached hydrogen (secondary N) is 1. The van der Waals surface area contributed by atoms with E-state index in [9.17, 15) is 9.59 Å². The maximum absolute atomic E-state index is 12.6.